The van der Waals surface area contributed by atoms with Crippen LogP contribution in [0.2, 0.25) is 0 Å². The number of anilines is 1. The number of ether oxygens (including phenoxy) is 1. The number of amides is 1. The highest BCUT2D eigenvalue weighted by atomic mass is 32.2. The first-order chi connectivity index (χ1) is 18.8. The van der Waals surface area contributed by atoms with Gasteiger partial charge < -0.3 is 10.1 Å². The number of hydrogen-bond donors (Lipinski definition) is 2. The molecule has 7 heteroatoms. The lowest BCUT2D eigenvalue weighted by atomic mass is 9.87. The lowest BCUT2D eigenvalue weighted by Gasteiger charge is -2.21. The fourth-order valence-corrected chi connectivity index (χ4v) is 5.87. The van der Waals surface area contributed by atoms with E-state index >= 15 is 0 Å². The molecule has 0 atom stereocenters. The van der Waals surface area contributed by atoms with E-state index in [-0.39, 0.29) is 16.9 Å². The highest BCUT2D eigenvalue weighted by Gasteiger charge is 2.30. The molecule has 0 aliphatic carbocycles. The molecule has 39 heavy (non-hydrogen) atoms. The van der Waals surface area contributed by atoms with Gasteiger partial charge in [-0.25, -0.2) is 0 Å². The number of para-hydroxylation sites is 1. The van der Waals surface area contributed by atoms with Crippen molar-refractivity contribution in [3.8, 4) is 5.75 Å². The molecule has 5 aromatic rings. The molecule has 0 bridgehead atoms. The minimum absolute atomic E-state index is 0.0821. The van der Waals surface area contributed by atoms with Crippen LogP contribution in [-0.2, 0) is 23.0 Å². The molecule has 0 heterocycles. The summed E-state index contributed by atoms with van der Waals surface area (Å²) in [5, 5.41) is 3.99. The third-order valence-corrected chi connectivity index (χ3v) is 7.63. The van der Waals surface area contributed by atoms with Gasteiger partial charge in [-0.2, -0.15) is 8.42 Å². The van der Waals surface area contributed by atoms with Crippen molar-refractivity contribution in [2.45, 2.75) is 17.7 Å². The molecule has 196 valence electrons. The van der Waals surface area contributed by atoms with Crippen LogP contribution in [0.15, 0.2) is 114 Å². The van der Waals surface area contributed by atoms with Crippen molar-refractivity contribution >= 4 is 32.5 Å². The first-order valence-electron chi connectivity index (χ1n) is 12.4. The number of carbonyl (C=O) groups is 1. The van der Waals surface area contributed by atoms with Crippen molar-refractivity contribution in [1.29, 1.82) is 0 Å². The summed E-state index contributed by atoms with van der Waals surface area (Å²) >= 11 is 0. The van der Waals surface area contributed by atoms with Crippen LogP contribution in [0.3, 0.4) is 0 Å². The average Bonchev–Trinajstić information content (AvgIpc) is 2.94. The summed E-state index contributed by atoms with van der Waals surface area (Å²) in [5.74, 6) is 0.0926. The molecule has 1 amide bonds. The standard InChI is InChI=1S/C32H27NO5S/c1-38-25-18-16-23(17-19-25)20-28-26-14-8-9-15-27(26)30(32(34)33-24-12-6-3-7-13-24)31(39(35,36)37)29(28)21-22-10-4-2-5-11-22/h2-19H,20-21H2,1H3,(H,33,34)(H,35,36,37). The van der Waals surface area contributed by atoms with Gasteiger partial charge in [-0.05, 0) is 70.1 Å². The Labute approximate surface area is 227 Å². The molecule has 0 aromatic heterocycles. The second-order valence-corrected chi connectivity index (χ2v) is 10.5. The molecule has 0 spiro atoms. The molecule has 0 saturated carbocycles. The molecule has 2 N–H and O–H groups in total. The van der Waals surface area contributed by atoms with Crippen LogP contribution in [0, 0.1) is 0 Å². The van der Waals surface area contributed by atoms with Gasteiger partial charge >= 0.3 is 0 Å². The van der Waals surface area contributed by atoms with Gasteiger partial charge in [0.15, 0.2) is 0 Å². The van der Waals surface area contributed by atoms with Crippen molar-refractivity contribution in [1.82, 2.24) is 0 Å². The predicted molar refractivity (Wildman–Crippen MR) is 153 cm³/mol. The van der Waals surface area contributed by atoms with Gasteiger partial charge in [-0.1, -0.05) is 84.9 Å². The maximum Gasteiger partial charge on any atom is 0.295 e. The van der Waals surface area contributed by atoms with Gasteiger partial charge in [0.05, 0.1) is 12.7 Å². The number of rotatable bonds is 8. The Morgan fingerprint density at radius 1 is 0.718 bits per heavy atom. The van der Waals surface area contributed by atoms with E-state index in [1.807, 2.05) is 72.8 Å². The minimum Gasteiger partial charge on any atom is -0.497 e. The van der Waals surface area contributed by atoms with E-state index in [0.717, 1.165) is 22.1 Å². The van der Waals surface area contributed by atoms with Crippen LogP contribution in [0.1, 0.15) is 32.6 Å². The van der Waals surface area contributed by atoms with Crippen molar-refractivity contribution < 1.29 is 22.5 Å². The zero-order valence-corrected chi connectivity index (χ0v) is 22.1. The number of methoxy groups -OCH3 is 1. The van der Waals surface area contributed by atoms with Crippen molar-refractivity contribution in [2.75, 3.05) is 12.4 Å². The molecule has 0 fully saturated rings. The van der Waals surface area contributed by atoms with Crippen LogP contribution in [0.25, 0.3) is 10.8 Å². The van der Waals surface area contributed by atoms with E-state index < -0.39 is 16.0 Å². The fraction of sp³-hybridized carbons (Fsp3) is 0.0938. The summed E-state index contributed by atoms with van der Waals surface area (Å²) in [4.78, 5) is 13.4. The van der Waals surface area contributed by atoms with Crippen LogP contribution < -0.4 is 10.1 Å². The highest BCUT2D eigenvalue weighted by molar-refractivity contribution is 7.86. The van der Waals surface area contributed by atoms with Gasteiger partial charge in [0.25, 0.3) is 16.0 Å². The molecule has 6 nitrogen and oxygen atoms in total. The first kappa shape index (κ1) is 26.2. The van der Waals surface area contributed by atoms with E-state index in [0.29, 0.717) is 28.8 Å². The summed E-state index contributed by atoms with van der Waals surface area (Å²) < 4.78 is 42.2. The van der Waals surface area contributed by atoms with Crippen LogP contribution in [0.4, 0.5) is 5.69 Å². The van der Waals surface area contributed by atoms with Crippen LogP contribution in [0.5, 0.6) is 5.75 Å². The average molecular weight is 538 g/mol. The normalized spacial score (nSPS) is 11.3. The van der Waals surface area contributed by atoms with E-state index in [4.69, 9.17) is 4.74 Å². The second kappa shape index (κ2) is 11.1. The van der Waals surface area contributed by atoms with Crippen molar-refractivity contribution in [2.24, 2.45) is 0 Å². The summed E-state index contributed by atoms with van der Waals surface area (Å²) in [7, 11) is -3.22. The zero-order valence-electron chi connectivity index (χ0n) is 21.3. The Morgan fingerprint density at radius 3 is 1.87 bits per heavy atom. The third kappa shape index (κ3) is 5.70. The smallest absolute Gasteiger partial charge is 0.295 e. The molecule has 0 aliphatic rings. The summed E-state index contributed by atoms with van der Waals surface area (Å²) in [6.45, 7) is 0. The fourth-order valence-electron chi connectivity index (χ4n) is 4.90. The lowest BCUT2D eigenvalue weighted by molar-refractivity contribution is 0.102. The van der Waals surface area contributed by atoms with Crippen LogP contribution >= 0.6 is 0 Å². The monoisotopic (exact) mass is 537 g/mol. The number of carbonyl (C=O) groups excluding carboxylic acids is 1. The van der Waals surface area contributed by atoms with Crippen molar-refractivity contribution in [3.05, 3.63) is 137 Å². The molecular formula is C32H27NO5S. The summed E-state index contributed by atoms with van der Waals surface area (Å²) in [6.07, 6.45) is 0.591. The molecule has 0 unspecified atom stereocenters. The molecule has 0 radical (unpaired) electrons. The molecule has 0 aliphatic heterocycles. The van der Waals surface area contributed by atoms with E-state index in [9.17, 15) is 17.8 Å². The summed E-state index contributed by atoms with van der Waals surface area (Å²) in [6, 6.07) is 33.0. The quantitative estimate of drug-likeness (QED) is 0.220. The molecule has 5 aromatic carbocycles. The number of benzene rings is 5. The SMILES string of the molecule is COc1ccc(Cc2c(Cc3ccccc3)c(S(=O)(=O)O)c(C(=O)Nc3ccccc3)c3ccccc23)cc1. The first-order valence-corrected chi connectivity index (χ1v) is 13.9. The molecule has 5 rings (SSSR count). The van der Waals surface area contributed by atoms with Gasteiger partial charge in [0.1, 0.15) is 10.6 Å². The summed E-state index contributed by atoms with van der Waals surface area (Å²) in [5.41, 5.74) is 3.32. The van der Waals surface area contributed by atoms with E-state index in [1.165, 1.54) is 0 Å². The second-order valence-electron chi connectivity index (χ2n) is 9.19. The van der Waals surface area contributed by atoms with E-state index in [1.54, 1.807) is 43.5 Å². The number of nitrogens with one attached hydrogen (secondary N) is 1. The Bertz CT molecular complexity index is 1730. The van der Waals surface area contributed by atoms with Crippen molar-refractivity contribution in [3.63, 3.8) is 0 Å². The largest absolute Gasteiger partial charge is 0.497 e. The van der Waals surface area contributed by atoms with Gasteiger partial charge in [-0.15, -0.1) is 0 Å². The predicted octanol–water partition coefficient (Wildman–Crippen LogP) is 6.53. The number of hydrogen-bond acceptors (Lipinski definition) is 4. The molecule has 0 saturated heterocycles. The Hall–Kier alpha value is -4.46. The van der Waals surface area contributed by atoms with Crippen LogP contribution in [-0.4, -0.2) is 26.0 Å². The Morgan fingerprint density at radius 2 is 1.26 bits per heavy atom. The maximum atomic E-state index is 13.7. The van der Waals surface area contributed by atoms with E-state index in [2.05, 4.69) is 5.32 Å². The Balaban J connectivity index is 1.80. The van der Waals surface area contributed by atoms with Gasteiger partial charge in [0.2, 0.25) is 0 Å². The molecular weight excluding hydrogens is 510 g/mol. The lowest BCUT2D eigenvalue weighted by Crippen LogP contribution is -2.20. The maximum absolute atomic E-state index is 13.7. The minimum atomic E-state index is -4.82. The number of fused-ring (bicyclic) bond motifs is 1. The topological polar surface area (TPSA) is 92.7 Å². The zero-order chi connectivity index (χ0) is 27.4. The Kier molecular flexibility index (Phi) is 7.45. The van der Waals surface area contributed by atoms with Gasteiger partial charge in [-0.3, -0.25) is 9.35 Å². The highest BCUT2D eigenvalue weighted by Crippen LogP contribution is 2.37. The third-order valence-electron chi connectivity index (χ3n) is 6.67. The van der Waals surface area contributed by atoms with Gasteiger partial charge in [0, 0.05) is 5.69 Å².